The molecule has 0 aromatic carbocycles. The Balaban J connectivity index is 2.04. The molecule has 2 saturated carbocycles. The third-order valence-corrected chi connectivity index (χ3v) is 2.85. The van der Waals surface area contributed by atoms with Gasteiger partial charge in [-0.2, -0.15) is 0 Å². The average molecular weight is 175 g/mol. The summed E-state index contributed by atoms with van der Waals surface area (Å²) in [7, 11) is 0. The molecule has 1 aromatic rings. The van der Waals surface area contributed by atoms with Gasteiger partial charge >= 0.3 is 0 Å². The van der Waals surface area contributed by atoms with Gasteiger partial charge in [-0.3, -0.25) is 0 Å². The second-order valence-electron chi connectivity index (χ2n) is 4.12. The first kappa shape index (κ1) is 7.30. The summed E-state index contributed by atoms with van der Waals surface area (Å²) in [5, 5.41) is 0. The van der Waals surface area contributed by atoms with Crippen molar-refractivity contribution in [3.63, 3.8) is 0 Å². The average Bonchev–Trinajstić information content (AvgIpc) is 3.00. The Bertz CT molecular complexity index is 340. The van der Waals surface area contributed by atoms with E-state index in [1.807, 2.05) is 6.20 Å². The summed E-state index contributed by atoms with van der Waals surface area (Å²) in [5.41, 5.74) is 8.21. The number of anilines is 1. The van der Waals surface area contributed by atoms with Crippen LogP contribution in [0.5, 0.6) is 0 Å². The number of aromatic nitrogens is 2. The highest BCUT2D eigenvalue weighted by atomic mass is 15.0. The molecule has 2 aliphatic rings. The van der Waals surface area contributed by atoms with E-state index in [9.17, 15) is 0 Å². The Hall–Kier alpha value is -1.12. The first-order valence-electron chi connectivity index (χ1n) is 4.97. The molecule has 2 N–H and O–H groups in total. The molecule has 0 aliphatic heterocycles. The van der Waals surface area contributed by atoms with Gasteiger partial charge in [0, 0.05) is 12.1 Å². The van der Waals surface area contributed by atoms with Crippen LogP contribution >= 0.6 is 0 Å². The van der Waals surface area contributed by atoms with Gasteiger partial charge in [0.1, 0.15) is 0 Å². The lowest BCUT2D eigenvalue weighted by molar-refractivity contribution is 0.923. The van der Waals surface area contributed by atoms with Gasteiger partial charge < -0.3 is 5.73 Å². The smallest absolute Gasteiger partial charge is 0.220 e. The van der Waals surface area contributed by atoms with Crippen molar-refractivity contribution in [2.75, 3.05) is 5.73 Å². The predicted molar refractivity (Wildman–Crippen MR) is 50.4 cm³/mol. The summed E-state index contributed by atoms with van der Waals surface area (Å²) in [6.07, 6.45) is 7.14. The molecule has 0 radical (unpaired) electrons. The van der Waals surface area contributed by atoms with Crippen molar-refractivity contribution in [1.29, 1.82) is 0 Å². The van der Waals surface area contributed by atoms with Crippen molar-refractivity contribution >= 4 is 5.95 Å². The number of nitrogens with two attached hydrogens (primary N) is 1. The molecule has 3 heteroatoms. The SMILES string of the molecule is Nc1ncc(C2CC2)c(C2CC2)n1. The van der Waals surface area contributed by atoms with Crippen molar-refractivity contribution in [3.05, 3.63) is 17.5 Å². The fourth-order valence-electron chi connectivity index (χ4n) is 1.81. The first-order valence-corrected chi connectivity index (χ1v) is 4.97. The van der Waals surface area contributed by atoms with Gasteiger partial charge in [0.2, 0.25) is 5.95 Å². The van der Waals surface area contributed by atoms with Gasteiger partial charge in [0.05, 0.1) is 5.69 Å². The molecule has 0 bridgehead atoms. The molecule has 13 heavy (non-hydrogen) atoms. The molecule has 0 spiro atoms. The second kappa shape index (κ2) is 2.44. The Kier molecular flexibility index (Phi) is 1.37. The van der Waals surface area contributed by atoms with Crippen molar-refractivity contribution in [2.45, 2.75) is 37.5 Å². The molecule has 0 unspecified atom stereocenters. The first-order chi connectivity index (χ1) is 6.34. The lowest BCUT2D eigenvalue weighted by atomic mass is 10.1. The third kappa shape index (κ3) is 1.28. The molecule has 3 rings (SSSR count). The second-order valence-corrected chi connectivity index (χ2v) is 4.12. The minimum Gasteiger partial charge on any atom is -0.368 e. The number of nitrogens with zero attached hydrogens (tertiary/aromatic N) is 2. The van der Waals surface area contributed by atoms with Crippen LogP contribution in [0.25, 0.3) is 0 Å². The number of hydrogen-bond acceptors (Lipinski definition) is 3. The molecule has 3 nitrogen and oxygen atoms in total. The molecule has 2 fully saturated rings. The van der Waals surface area contributed by atoms with Gasteiger partial charge in [-0.25, -0.2) is 9.97 Å². The van der Waals surface area contributed by atoms with Crippen molar-refractivity contribution in [1.82, 2.24) is 9.97 Å². The maximum Gasteiger partial charge on any atom is 0.220 e. The summed E-state index contributed by atoms with van der Waals surface area (Å²) in [5.74, 6) is 1.88. The van der Waals surface area contributed by atoms with Crippen LogP contribution in [0.3, 0.4) is 0 Å². The quantitative estimate of drug-likeness (QED) is 0.745. The zero-order valence-corrected chi connectivity index (χ0v) is 7.53. The number of nitrogen functional groups attached to an aromatic ring is 1. The van der Waals surface area contributed by atoms with Crippen LogP contribution in [0, 0.1) is 0 Å². The zero-order chi connectivity index (χ0) is 8.84. The Morgan fingerprint density at radius 2 is 1.85 bits per heavy atom. The van der Waals surface area contributed by atoms with Gasteiger partial charge in [0.15, 0.2) is 0 Å². The molecule has 1 aromatic heterocycles. The summed E-state index contributed by atoms with van der Waals surface area (Å²) in [6.45, 7) is 0. The fraction of sp³-hybridized carbons (Fsp3) is 0.600. The van der Waals surface area contributed by atoms with E-state index >= 15 is 0 Å². The van der Waals surface area contributed by atoms with E-state index < -0.39 is 0 Å². The summed E-state index contributed by atoms with van der Waals surface area (Å²) in [4.78, 5) is 8.44. The highest BCUT2D eigenvalue weighted by Gasteiger charge is 2.34. The maximum absolute atomic E-state index is 5.59. The van der Waals surface area contributed by atoms with Crippen LogP contribution in [0.1, 0.15) is 48.8 Å². The van der Waals surface area contributed by atoms with Crippen LogP contribution in [-0.2, 0) is 0 Å². The molecule has 0 saturated heterocycles. The standard InChI is InChI=1S/C10H13N3/c11-10-12-5-8(6-1-2-6)9(13-10)7-3-4-7/h5-7H,1-4H2,(H2,11,12,13). The minimum atomic E-state index is 0.436. The third-order valence-electron chi connectivity index (χ3n) is 2.85. The van der Waals surface area contributed by atoms with Crippen LogP contribution in [-0.4, -0.2) is 9.97 Å². The largest absolute Gasteiger partial charge is 0.368 e. The van der Waals surface area contributed by atoms with Crippen LogP contribution in [0.2, 0.25) is 0 Å². The molecule has 1 heterocycles. The minimum absolute atomic E-state index is 0.436. The summed E-state index contributed by atoms with van der Waals surface area (Å²) >= 11 is 0. The molecular weight excluding hydrogens is 162 g/mol. The highest BCUT2D eigenvalue weighted by molar-refractivity contribution is 5.34. The molecule has 0 amide bonds. The summed E-state index contributed by atoms with van der Waals surface area (Å²) in [6, 6.07) is 0. The topological polar surface area (TPSA) is 51.8 Å². The summed E-state index contributed by atoms with van der Waals surface area (Å²) < 4.78 is 0. The van der Waals surface area contributed by atoms with Gasteiger partial charge in [-0.05, 0) is 37.2 Å². The van der Waals surface area contributed by atoms with E-state index in [4.69, 9.17) is 5.73 Å². The Morgan fingerprint density at radius 1 is 1.15 bits per heavy atom. The van der Waals surface area contributed by atoms with Crippen LogP contribution in [0.4, 0.5) is 5.95 Å². The lowest BCUT2D eigenvalue weighted by Gasteiger charge is -2.05. The highest BCUT2D eigenvalue weighted by Crippen LogP contribution is 2.48. The number of rotatable bonds is 2. The van der Waals surface area contributed by atoms with E-state index in [2.05, 4.69) is 9.97 Å². The zero-order valence-electron chi connectivity index (χ0n) is 7.53. The molecule has 0 atom stereocenters. The monoisotopic (exact) mass is 175 g/mol. The Labute approximate surface area is 77.4 Å². The van der Waals surface area contributed by atoms with Crippen molar-refractivity contribution in [2.24, 2.45) is 0 Å². The van der Waals surface area contributed by atoms with Crippen molar-refractivity contribution in [3.8, 4) is 0 Å². The predicted octanol–water partition coefficient (Wildman–Crippen LogP) is 1.81. The van der Waals surface area contributed by atoms with E-state index in [1.54, 1.807) is 0 Å². The van der Waals surface area contributed by atoms with E-state index in [1.165, 1.54) is 36.9 Å². The molecular formula is C10H13N3. The van der Waals surface area contributed by atoms with Gasteiger partial charge in [-0.1, -0.05) is 0 Å². The molecule has 68 valence electrons. The van der Waals surface area contributed by atoms with E-state index in [0.717, 1.165) is 5.92 Å². The van der Waals surface area contributed by atoms with Crippen molar-refractivity contribution < 1.29 is 0 Å². The Morgan fingerprint density at radius 3 is 2.46 bits per heavy atom. The maximum atomic E-state index is 5.59. The molecule has 2 aliphatic carbocycles. The van der Waals surface area contributed by atoms with Gasteiger partial charge in [-0.15, -0.1) is 0 Å². The van der Waals surface area contributed by atoms with Gasteiger partial charge in [0.25, 0.3) is 0 Å². The van der Waals surface area contributed by atoms with Crippen LogP contribution in [0.15, 0.2) is 6.20 Å². The van der Waals surface area contributed by atoms with E-state index in [0.29, 0.717) is 11.9 Å². The fourth-order valence-corrected chi connectivity index (χ4v) is 1.81. The van der Waals surface area contributed by atoms with E-state index in [-0.39, 0.29) is 0 Å². The number of hydrogen-bond donors (Lipinski definition) is 1. The normalized spacial score (nSPS) is 21.8. The van der Waals surface area contributed by atoms with Crippen LogP contribution < -0.4 is 5.73 Å². The lowest BCUT2D eigenvalue weighted by Crippen LogP contribution is -2.01.